The highest BCUT2D eigenvalue weighted by Gasteiger charge is 2.37. The molecule has 11 heteroatoms. The first-order chi connectivity index (χ1) is 12.8. The summed E-state index contributed by atoms with van der Waals surface area (Å²) >= 11 is 0. The first-order valence-corrected chi connectivity index (χ1v) is 7.35. The molecule has 1 amide bonds. The second-order valence-corrected chi connectivity index (χ2v) is 5.44. The summed E-state index contributed by atoms with van der Waals surface area (Å²) in [5.74, 6) is -3.08. The van der Waals surface area contributed by atoms with E-state index in [1.807, 2.05) is 5.32 Å². The molecule has 0 radical (unpaired) electrons. The van der Waals surface area contributed by atoms with Gasteiger partial charge in [0.25, 0.3) is 5.91 Å². The van der Waals surface area contributed by atoms with Crippen LogP contribution in [0.3, 0.4) is 0 Å². The molecule has 0 fully saturated rings. The van der Waals surface area contributed by atoms with E-state index in [2.05, 4.69) is 4.74 Å². The largest absolute Gasteiger partial charge is 0.505 e. The number of phenols is 1. The number of phenolic OH excluding ortho intramolecular Hbond substituents is 1. The smallest absolute Gasteiger partial charge is 0.416 e. The van der Waals surface area contributed by atoms with Gasteiger partial charge >= 0.3 is 18.3 Å². The van der Waals surface area contributed by atoms with Crippen LogP contribution < -0.4 is 5.32 Å². The third-order valence-electron chi connectivity index (χ3n) is 3.54. The maximum atomic E-state index is 12.9. The zero-order valence-electron chi connectivity index (χ0n) is 13.9. The Bertz CT molecular complexity index is 889. The van der Waals surface area contributed by atoms with Crippen molar-refractivity contribution in [1.29, 1.82) is 0 Å². The summed E-state index contributed by atoms with van der Waals surface area (Å²) in [5.41, 5.74) is -5.04. The van der Waals surface area contributed by atoms with Crippen molar-refractivity contribution in [2.24, 2.45) is 0 Å². The van der Waals surface area contributed by atoms with Crippen molar-refractivity contribution in [3.63, 3.8) is 0 Å². The maximum absolute atomic E-state index is 12.9. The third kappa shape index (κ3) is 4.53. The average molecular weight is 407 g/mol. The molecular formula is C17H11F6NO4. The van der Waals surface area contributed by atoms with Crippen LogP contribution in [0, 0.1) is 0 Å². The molecule has 0 atom stereocenters. The molecule has 2 aromatic rings. The molecule has 0 heterocycles. The van der Waals surface area contributed by atoms with Crippen molar-refractivity contribution < 1.29 is 45.8 Å². The predicted octanol–water partition coefficient (Wildman–Crippen LogP) is 4.47. The summed E-state index contributed by atoms with van der Waals surface area (Å²) in [6, 6.07) is 3.82. The minimum Gasteiger partial charge on any atom is -0.505 e. The fourth-order valence-electron chi connectivity index (χ4n) is 2.20. The topological polar surface area (TPSA) is 75.6 Å². The van der Waals surface area contributed by atoms with Crippen molar-refractivity contribution in [1.82, 2.24) is 0 Å². The van der Waals surface area contributed by atoms with E-state index in [1.54, 1.807) is 0 Å². The standard InChI is InChI=1S/C17H11F6NO4/c1-28-15(27)11-3-2-4-12(13(11)25)24-14(26)8-5-9(16(18,19)20)7-10(6-8)17(21,22)23/h2-7,25H,1H3,(H,24,26). The molecule has 0 aliphatic heterocycles. The van der Waals surface area contributed by atoms with Crippen LogP contribution in [0.2, 0.25) is 0 Å². The van der Waals surface area contributed by atoms with Gasteiger partial charge in [0.1, 0.15) is 5.56 Å². The summed E-state index contributed by atoms with van der Waals surface area (Å²) < 4.78 is 81.7. The zero-order chi connectivity index (χ0) is 21.3. The number of amides is 1. The summed E-state index contributed by atoms with van der Waals surface area (Å²) in [5, 5.41) is 12.0. The average Bonchev–Trinajstić information content (AvgIpc) is 2.61. The molecule has 0 unspecified atom stereocenters. The highest BCUT2D eigenvalue weighted by Crippen LogP contribution is 2.37. The number of alkyl halides is 6. The number of anilines is 1. The number of hydrogen-bond donors (Lipinski definition) is 2. The number of methoxy groups -OCH3 is 1. The van der Waals surface area contributed by atoms with Crippen molar-refractivity contribution in [2.45, 2.75) is 12.4 Å². The SMILES string of the molecule is COC(=O)c1cccc(NC(=O)c2cc(C(F)(F)F)cc(C(F)(F)F)c2)c1O. The number of nitrogens with one attached hydrogen (secondary N) is 1. The number of ether oxygens (including phenoxy) is 1. The first kappa shape index (κ1) is 21.1. The van der Waals surface area contributed by atoms with E-state index >= 15 is 0 Å². The van der Waals surface area contributed by atoms with Gasteiger partial charge in [-0.15, -0.1) is 0 Å². The Balaban J connectivity index is 2.46. The molecule has 2 rings (SSSR count). The Kier molecular flexibility index (Phi) is 5.57. The van der Waals surface area contributed by atoms with Gasteiger partial charge in [0, 0.05) is 5.56 Å². The summed E-state index contributed by atoms with van der Waals surface area (Å²) in [7, 11) is 1.02. The van der Waals surface area contributed by atoms with Gasteiger partial charge in [-0.2, -0.15) is 26.3 Å². The fraction of sp³-hybridized carbons (Fsp3) is 0.176. The van der Waals surface area contributed by atoms with Gasteiger partial charge in [0.05, 0.1) is 23.9 Å². The van der Waals surface area contributed by atoms with E-state index in [0.29, 0.717) is 0 Å². The Morgan fingerprint density at radius 2 is 1.50 bits per heavy atom. The van der Waals surface area contributed by atoms with E-state index in [4.69, 9.17) is 0 Å². The molecule has 0 aliphatic carbocycles. The van der Waals surface area contributed by atoms with E-state index in [1.165, 1.54) is 6.07 Å². The molecular weight excluding hydrogens is 396 g/mol. The molecule has 150 valence electrons. The van der Waals surface area contributed by atoms with Gasteiger partial charge in [-0.3, -0.25) is 4.79 Å². The Morgan fingerprint density at radius 1 is 0.964 bits per heavy atom. The molecule has 0 aromatic heterocycles. The number of carbonyl (C=O) groups excluding carboxylic acids is 2. The Hall–Kier alpha value is -3.24. The molecule has 2 N–H and O–H groups in total. The minimum atomic E-state index is -5.12. The molecule has 0 bridgehead atoms. The summed E-state index contributed by atoms with van der Waals surface area (Å²) in [6.07, 6.45) is -10.2. The lowest BCUT2D eigenvalue weighted by Gasteiger charge is -2.15. The number of para-hydroxylation sites is 1. The van der Waals surface area contributed by atoms with Gasteiger partial charge in [0.15, 0.2) is 5.75 Å². The van der Waals surface area contributed by atoms with Crippen LogP contribution in [0.25, 0.3) is 0 Å². The molecule has 0 saturated carbocycles. The van der Waals surface area contributed by atoms with Gasteiger partial charge in [0.2, 0.25) is 0 Å². The highest BCUT2D eigenvalue weighted by atomic mass is 19.4. The lowest BCUT2D eigenvalue weighted by molar-refractivity contribution is -0.143. The molecule has 2 aromatic carbocycles. The normalized spacial score (nSPS) is 11.8. The minimum absolute atomic E-state index is 0.119. The van der Waals surface area contributed by atoms with Crippen molar-refractivity contribution in [3.8, 4) is 5.75 Å². The number of aromatic hydroxyl groups is 1. The van der Waals surface area contributed by atoms with E-state index in [-0.39, 0.29) is 23.8 Å². The maximum Gasteiger partial charge on any atom is 0.416 e. The lowest BCUT2D eigenvalue weighted by atomic mass is 10.0. The van der Waals surface area contributed by atoms with Crippen LogP contribution in [0.1, 0.15) is 31.8 Å². The van der Waals surface area contributed by atoms with Crippen molar-refractivity contribution >= 4 is 17.6 Å². The molecule has 28 heavy (non-hydrogen) atoms. The third-order valence-corrected chi connectivity index (χ3v) is 3.54. The van der Waals surface area contributed by atoms with E-state index < -0.39 is 52.4 Å². The van der Waals surface area contributed by atoms with E-state index in [0.717, 1.165) is 19.2 Å². The number of benzene rings is 2. The first-order valence-electron chi connectivity index (χ1n) is 7.35. The van der Waals surface area contributed by atoms with E-state index in [9.17, 15) is 41.0 Å². The van der Waals surface area contributed by atoms with Crippen LogP contribution in [0.15, 0.2) is 36.4 Å². The fourth-order valence-corrected chi connectivity index (χ4v) is 2.20. The number of halogens is 6. The monoisotopic (exact) mass is 407 g/mol. The van der Waals surface area contributed by atoms with Gasteiger partial charge in [-0.1, -0.05) is 6.07 Å². The Labute approximate surface area is 153 Å². The summed E-state index contributed by atoms with van der Waals surface area (Å²) in [6.45, 7) is 0. The highest BCUT2D eigenvalue weighted by molar-refractivity contribution is 6.06. The number of hydrogen-bond acceptors (Lipinski definition) is 4. The molecule has 5 nitrogen and oxygen atoms in total. The number of esters is 1. The van der Waals surface area contributed by atoms with Crippen LogP contribution >= 0.6 is 0 Å². The van der Waals surface area contributed by atoms with Gasteiger partial charge < -0.3 is 15.2 Å². The Morgan fingerprint density at radius 3 is 1.96 bits per heavy atom. The summed E-state index contributed by atoms with van der Waals surface area (Å²) in [4.78, 5) is 23.7. The molecule has 0 spiro atoms. The lowest BCUT2D eigenvalue weighted by Crippen LogP contribution is -2.17. The number of rotatable bonds is 3. The molecule has 0 aliphatic rings. The second-order valence-electron chi connectivity index (χ2n) is 5.44. The molecule has 0 saturated heterocycles. The predicted molar refractivity (Wildman–Crippen MR) is 83.8 cm³/mol. The second kappa shape index (κ2) is 7.41. The van der Waals surface area contributed by atoms with Crippen molar-refractivity contribution in [2.75, 3.05) is 12.4 Å². The van der Waals surface area contributed by atoms with Crippen molar-refractivity contribution in [3.05, 3.63) is 58.7 Å². The van der Waals surface area contributed by atoms with Crippen LogP contribution in [0.4, 0.5) is 32.0 Å². The van der Waals surface area contributed by atoms with Crippen LogP contribution in [-0.4, -0.2) is 24.1 Å². The quantitative estimate of drug-likeness (QED) is 0.447. The van der Waals surface area contributed by atoms with Crippen LogP contribution in [-0.2, 0) is 17.1 Å². The van der Waals surface area contributed by atoms with Gasteiger partial charge in [-0.05, 0) is 30.3 Å². The van der Waals surface area contributed by atoms with Gasteiger partial charge in [-0.25, -0.2) is 4.79 Å². The van der Waals surface area contributed by atoms with Crippen LogP contribution in [0.5, 0.6) is 5.75 Å². The number of carbonyl (C=O) groups is 2. The zero-order valence-corrected chi connectivity index (χ0v) is 13.9.